The van der Waals surface area contributed by atoms with Gasteiger partial charge in [-0.25, -0.2) is 0 Å². The molecular weight excluding hydrogens is 234 g/mol. The smallest absolute Gasteiger partial charge is 0.0947 e. The van der Waals surface area contributed by atoms with Crippen molar-refractivity contribution in [2.24, 2.45) is 5.92 Å². The number of hydrogen-bond acceptors (Lipinski definition) is 2. The zero-order valence-corrected chi connectivity index (χ0v) is 11.3. The molecule has 0 amide bonds. The Kier molecular flexibility index (Phi) is 7.38. The molecule has 2 rings (SSSR count). The van der Waals surface area contributed by atoms with E-state index in [1.165, 1.54) is 57.1 Å². The summed E-state index contributed by atoms with van der Waals surface area (Å²) in [4.78, 5) is 0. The Morgan fingerprint density at radius 2 is 1.82 bits per heavy atom. The minimum absolute atomic E-state index is 0. The van der Waals surface area contributed by atoms with Gasteiger partial charge in [-0.1, -0.05) is 32.1 Å². The SMILES string of the molecule is Cl.c1cc(CNCC2CCCCCCC2)co1. The molecule has 2 nitrogen and oxygen atoms in total. The van der Waals surface area contributed by atoms with Crippen molar-refractivity contribution in [3.63, 3.8) is 0 Å². The molecule has 1 aromatic heterocycles. The molecule has 17 heavy (non-hydrogen) atoms. The van der Waals surface area contributed by atoms with Crippen molar-refractivity contribution in [3.8, 4) is 0 Å². The molecule has 3 heteroatoms. The topological polar surface area (TPSA) is 25.2 Å². The van der Waals surface area contributed by atoms with Gasteiger partial charge in [0.05, 0.1) is 12.5 Å². The van der Waals surface area contributed by atoms with E-state index in [9.17, 15) is 0 Å². The molecule has 0 atom stereocenters. The lowest BCUT2D eigenvalue weighted by Gasteiger charge is -2.19. The van der Waals surface area contributed by atoms with E-state index in [-0.39, 0.29) is 12.4 Å². The fourth-order valence-corrected chi connectivity index (χ4v) is 2.56. The van der Waals surface area contributed by atoms with Crippen LogP contribution < -0.4 is 5.32 Å². The second-order valence-electron chi connectivity index (χ2n) is 4.97. The summed E-state index contributed by atoms with van der Waals surface area (Å²) in [7, 11) is 0. The van der Waals surface area contributed by atoms with E-state index in [4.69, 9.17) is 4.42 Å². The first-order valence-corrected chi connectivity index (χ1v) is 6.67. The van der Waals surface area contributed by atoms with Crippen LogP contribution >= 0.6 is 12.4 Å². The number of rotatable bonds is 4. The lowest BCUT2D eigenvalue weighted by molar-refractivity contribution is 0.360. The molecular formula is C14H24ClNO. The lowest BCUT2D eigenvalue weighted by Crippen LogP contribution is -2.23. The van der Waals surface area contributed by atoms with Gasteiger partial charge in [-0.3, -0.25) is 0 Å². The zero-order valence-electron chi connectivity index (χ0n) is 10.5. The molecule has 1 aliphatic carbocycles. The normalized spacial score (nSPS) is 18.1. The summed E-state index contributed by atoms with van der Waals surface area (Å²) in [6, 6.07) is 2.03. The van der Waals surface area contributed by atoms with Crippen LogP contribution in [0.15, 0.2) is 23.0 Å². The van der Waals surface area contributed by atoms with Crippen LogP contribution in [0.2, 0.25) is 0 Å². The van der Waals surface area contributed by atoms with Crippen LogP contribution in [0.5, 0.6) is 0 Å². The van der Waals surface area contributed by atoms with Gasteiger partial charge in [0.15, 0.2) is 0 Å². The van der Waals surface area contributed by atoms with E-state index in [1.54, 1.807) is 6.26 Å². The summed E-state index contributed by atoms with van der Waals surface area (Å²) in [6.07, 6.45) is 13.6. The van der Waals surface area contributed by atoms with Gasteiger partial charge >= 0.3 is 0 Å². The summed E-state index contributed by atoms with van der Waals surface area (Å²) in [5.74, 6) is 0.896. The van der Waals surface area contributed by atoms with Gasteiger partial charge in [-0.2, -0.15) is 0 Å². The van der Waals surface area contributed by atoms with Crippen molar-refractivity contribution in [2.45, 2.75) is 51.5 Å². The van der Waals surface area contributed by atoms with Crippen molar-refractivity contribution in [1.82, 2.24) is 5.32 Å². The Hall–Kier alpha value is -0.470. The Labute approximate surface area is 111 Å². The van der Waals surface area contributed by atoms with Crippen molar-refractivity contribution < 1.29 is 4.42 Å². The Balaban J connectivity index is 0.00000144. The van der Waals surface area contributed by atoms with Gasteiger partial charge in [-0.05, 0) is 31.4 Å². The van der Waals surface area contributed by atoms with Crippen LogP contribution in [-0.4, -0.2) is 6.54 Å². The third kappa shape index (κ3) is 5.60. The third-order valence-corrected chi connectivity index (χ3v) is 3.57. The van der Waals surface area contributed by atoms with E-state index in [0.29, 0.717) is 0 Å². The standard InChI is InChI=1S/C14H23NO.ClH/c1-2-4-6-13(7-5-3-1)10-15-11-14-8-9-16-12-14;/h8-9,12-13,15H,1-7,10-11H2;1H. The highest BCUT2D eigenvalue weighted by molar-refractivity contribution is 5.85. The summed E-state index contributed by atoms with van der Waals surface area (Å²) >= 11 is 0. The molecule has 1 fully saturated rings. The van der Waals surface area contributed by atoms with Crippen LogP contribution in [0.3, 0.4) is 0 Å². The maximum Gasteiger partial charge on any atom is 0.0947 e. The van der Waals surface area contributed by atoms with E-state index in [2.05, 4.69) is 5.32 Å². The van der Waals surface area contributed by atoms with Crippen molar-refractivity contribution >= 4 is 12.4 Å². The molecule has 0 aliphatic heterocycles. The highest BCUT2D eigenvalue weighted by atomic mass is 35.5. The molecule has 0 radical (unpaired) electrons. The molecule has 0 bridgehead atoms. The number of halogens is 1. The van der Waals surface area contributed by atoms with Gasteiger partial charge in [0.2, 0.25) is 0 Å². The minimum Gasteiger partial charge on any atom is -0.472 e. The van der Waals surface area contributed by atoms with Crippen LogP contribution in [0, 0.1) is 5.92 Å². The van der Waals surface area contributed by atoms with E-state index < -0.39 is 0 Å². The molecule has 98 valence electrons. The van der Waals surface area contributed by atoms with Gasteiger partial charge in [0, 0.05) is 12.1 Å². The van der Waals surface area contributed by atoms with E-state index >= 15 is 0 Å². The van der Waals surface area contributed by atoms with Gasteiger partial charge in [-0.15, -0.1) is 12.4 Å². The zero-order chi connectivity index (χ0) is 11.1. The van der Waals surface area contributed by atoms with Crippen molar-refractivity contribution in [2.75, 3.05) is 6.54 Å². The first-order chi connectivity index (χ1) is 7.95. The van der Waals surface area contributed by atoms with Crippen LogP contribution in [0.1, 0.15) is 50.5 Å². The first-order valence-electron chi connectivity index (χ1n) is 6.67. The minimum atomic E-state index is 0. The predicted octanol–water partition coefficient (Wildman–Crippen LogP) is 4.15. The summed E-state index contributed by atoms with van der Waals surface area (Å²) < 4.78 is 5.05. The second-order valence-corrected chi connectivity index (χ2v) is 4.97. The predicted molar refractivity (Wildman–Crippen MR) is 73.5 cm³/mol. The van der Waals surface area contributed by atoms with Gasteiger partial charge in [0.1, 0.15) is 0 Å². The number of nitrogens with one attached hydrogen (secondary N) is 1. The fraction of sp³-hybridized carbons (Fsp3) is 0.714. The Morgan fingerprint density at radius 1 is 1.12 bits per heavy atom. The molecule has 1 N–H and O–H groups in total. The average molecular weight is 258 g/mol. The number of furan rings is 1. The highest BCUT2D eigenvalue weighted by Crippen LogP contribution is 2.21. The van der Waals surface area contributed by atoms with Gasteiger partial charge in [0.25, 0.3) is 0 Å². The largest absolute Gasteiger partial charge is 0.472 e. The fourth-order valence-electron chi connectivity index (χ4n) is 2.56. The van der Waals surface area contributed by atoms with Crippen molar-refractivity contribution in [1.29, 1.82) is 0 Å². The van der Waals surface area contributed by atoms with Crippen LogP contribution in [0.4, 0.5) is 0 Å². The molecule has 1 aromatic rings. The number of hydrogen-bond donors (Lipinski definition) is 1. The maximum atomic E-state index is 5.05. The molecule has 0 saturated heterocycles. The molecule has 0 unspecified atom stereocenters. The van der Waals surface area contributed by atoms with Crippen LogP contribution in [-0.2, 0) is 6.54 Å². The van der Waals surface area contributed by atoms with Crippen molar-refractivity contribution in [3.05, 3.63) is 24.2 Å². The Morgan fingerprint density at radius 3 is 2.47 bits per heavy atom. The van der Waals surface area contributed by atoms with E-state index in [1.807, 2.05) is 12.3 Å². The van der Waals surface area contributed by atoms with Crippen LogP contribution in [0.25, 0.3) is 0 Å². The first kappa shape index (κ1) is 14.6. The second kappa shape index (κ2) is 8.60. The Bertz CT molecular complexity index is 266. The molecule has 1 saturated carbocycles. The summed E-state index contributed by atoms with van der Waals surface area (Å²) in [5.41, 5.74) is 1.26. The maximum absolute atomic E-state index is 5.05. The molecule has 1 heterocycles. The monoisotopic (exact) mass is 257 g/mol. The highest BCUT2D eigenvalue weighted by Gasteiger charge is 2.10. The average Bonchev–Trinajstić information content (AvgIpc) is 2.73. The molecule has 0 spiro atoms. The van der Waals surface area contributed by atoms with E-state index in [0.717, 1.165) is 12.5 Å². The summed E-state index contributed by atoms with van der Waals surface area (Å²) in [5, 5.41) is 3.55. The third-order valence-electron chi connectivity index (χ3n) is 3.57. The summed E-state index contributed by atoms with van der Waals surface area (Å²) in [6.45, 7) is 2.12. The lowest BCUT2D eigenvalue weighted by atomic mass is 9.91. The molecule has 0 aromatic carbocycles. The van der Waals surface area contributed by atoms with Gasteiger partial charge < -0.3 is 9.73 Å². The quantitative estimate of drug-likeness (QED) is 0.877. The molecule has 1 aliphatic rings.